The third-order valence-corrected chi connectivity index (χ3v) is 4.38. The molecule has 0 radical (unpaired) electrons. The molecule has 0 fully saturated rings. The SMILES string of the molecule is C=C(OC)C(CC)N1Cc2ccc(-c3cnn(C)c3)cc2C1=O. The molecule has 1 aromatic heterocycles. The van der Waals surface area contributed by atoms with Gasteiger partial charge in [0.05, 0.1) is 19.3 Å². The van der Waals surface area contributed by atoms with Crippen LogP contribution in [-0.4, -0.2) is 33.7 Å². The number of aryl methyl sites for hydroxylation is 1. The van der Waals surface area contributed by atoms with Crippen LogP contribution in [0, 0.1) is 0 Å². The van der Waals surface area contributed by atoms with Crippen LogP contribution in [0.4, 0.5) is 0 Å². The molecule has 1 aliphatic rings. The van der Waals surface area contributed by atoms with Gasteiger partial charge in [-0.1, -0.05) is 25.6 Å². The molecule has 1 unspecified atom stereocenters. The number of amides is 1. The number of rotatable bonds is 5. The molecule has 1 atom stereocenters. The van der Waals surface area contributed by atoms with E-state index in [2.05, 4.69) is 11.7 Å². The zero-order valence-corrected chi connectivity index (χ0v) is 13.7. The highest BCUT2D eigenvalue weighted by Gasteiger charge is 2.33. The summed E-state index contributed by atoms with van der Waals surface area (Å²) in [6.45, 7) is 6.56. The summed E-state index contributed by atoms with van der Waals surface area (Å²) in [7, 11) is 3.48. The van der Waals surface area contributed by atoms with E-state index < -0.39 is 0 Å². The first kappa shape index (κ1) is 15.3. The Bertz CT molecular complexity index is 763. The van der Waals surface area contributed by atoms with E-state index in [0.29, 0.717) is 12.3 Å². The van der Waals surface area contributed by atoms with E-state index in [4.69, 9.17) is 4.74 Å². The lowest BCUT2D eigenvalue weighted by atomic mass is 10.0. The third kappa shape index (κ3) is 2.63. The number of ether oxygens (including phenoxy) is 1. The van der Waals surface area contributed by atoms with Crippen LogP contribution >= 0.6 is 0 Å². The summed E-state index contributed by atoms with van der Waals surface area (Å²) in [5.41, 5.74) is 3.82. The largest absolute Gasteiger partial charge is 0.500 e. The van der Waals surface area contributed by atoms with Crippen molar-refractivity contribution in [3.63, 3.8) is 0 Å². The van der Waals surface area contributed by atoms with Crippen molar-refractivity contribution in [1.29, 1.82) is 0 Å². The molecule has 0 spiro atoms. The lowest BCUT2D eigenvalue weighted by molar-refractivity contribution is 0.0670. The molecule has 23 heavy (non-hydrogen) atoms. The summed E-state index contributed by atoms with van der Waals surface area (Å²) in [6, 6.07) is 5.93. The molecule has 5 nitrogen and oxygen atoms in total. The Morgan fingerprint density at radius 1 is 1.43 bits per heavy atom. The second kappa shape index (κ2) is 5.91. The van der Waals surface area contributed by atoms with Crippen molar-refractivity contribution in [2.75, 3.05) is 7.11 Å². The van der Waals surface area contributed by atoms with E-state index in [1.54, 1.807) is 18.0 Å². The van der Waals surface area contributed by atoms with Crippen molar-refractivity contribution < 1.29 is 9.53 Å². The van der Waals surface area contributed by atoms with Crippen LogP contribution in [0.15, 0.2) is 42.9 Å². The number of fused-ring (bicyclic) bond motifs is 1. The second-order valence-electron chi connectivity index (χ2n) is 5.80. The minimum absolute atomic E-state index is 0.0378. The quantitative estimate of drug-likeness (QED) is 0.798. The molecule has 2 aromatic rings. The van der Waals surface area contributed by atoms with Crippen LogP contribution in [0.5, 0.6) is 0 Å². The molecule has 1 aliphatic heterocycles. The highest BCUT2D eigenvalue weighted by molar-refractivity contribution is 5.99. The van der Waals surface area contributed by atoms with Gasteiger partial charge in [-0.15, -0.1) is 0 Å². The van der Waals surface area contributed by atoms with Crippen molar-refractivity contribution >= 4 is 5.91 Å². The average Bonchev–Trinajstić information content (AvgIpc) is 3.12. The van der Waals surface area contributed by atoms with Gasteiger partial charge in [0.2, 0.25) is 0 Å². The Morgan fingerprint density at radius 3 is 2.83 bits per heavy atom. The Morgan fingerprint density at radius 2 is 2.22 bits per heavy atom. The highest BCUT2D eigenvalue weighted by Crippen LogP contribution is 2.31. The van der Waals surface area contributed by atoms with Crippen LogP contribution in [0.1, 0.15) is 29.3 Å². The molecular formula is C18H21N3O2. The fourth-order valence-electron chi connectivity index (χ4n) is 3.08. The number of hydrogen-bond donors (Lipinski definition) is 0. The van der Waals surface area contributed by atoms with Gasteiger partial charge < -0.3 is 9.64 Å². The van der Waals surface area contributed by atoms with Crippen LogP contribution in [0.2, 0.25) is 0 Å². The highest BCUT2D eigenvalue weighted by atomic mass is 16.5. The Kier molecular flexibility index (Phi) is 3.94. The summed E-state index contributed by atoms with van der Waals surface area (Å²) >= 11 is 0. The minimum Gasteiger partial charge on any atom is -0.500 e. The molecule has 1 amide bonds. The van der Waals surface area contributed by atoms with Gasteiger partial charge in [-0.2, -0.15) is 5.10 Å². The van der Waals surface area contributed by atoms with Gasteiger partial charge >= 0.3 is 0 Å². The van der Waals surface area contributed by atoms with E-state index >= 15 is 0 Å². The van der Waals surface area contributed by atoms with Crippen molar-refractivity contribution in [3.8, 4) is 11.1 Å². The predicted molar refractivity (Wildman–Crippen MR) is 88.7 cm³/mol. The number of nitrogens with zero attached hydrogens (tertiary/aromatic N) is 3. The van der Waals surface area contributed by atoms with Gasteiger partial charge in [-0.05, 0) is 23.6 Å². The van der Waals surface area contributed by atoms with E-state index in [0.717, 1.165) is 28.7 Å². The molecule has 3 rings (SSSR count). The van der Waals surface area contributed by atoms with E-state index in [-0.39, 0.29) is 11.9 Å². The summed E-state index contributed by atoms with van der Waals surface area (Å²) in [5.74, 6) is 0.664. The number of hydrogen-bond acceptors (Lipinski definition) is 3. The lowest BCUT2D eigenvalue weighted by Gasteiger charge is -2.27. The van der Waals surface area contributed by atoms with Crippen molar-refractivity contribution in [3.05, 3.63) is 54.1 Å². The molecule has 0 aliphatic carbocycles. The van der Waals surface area contributed by atoms with Crippen molar-refractivity contribution in [2.24, 2.45) is 7.05 Å². The first-order chi connectivity index (χ1) is 11.0. The normalized spacial score (nSPS) is 14.7. The molecule has 0 bridgehead atoms. The average molecular weight is 311 g/mol. The monoisotopic (exact) mass is 311 g/mol. The lowest BCUT2D eigenvalue weighted by Crippen LogP contribution is -2.36. The fourth-order valence-corrected chi connectivity index (χ4v) is 3.08. The number of methoxy groups -OCH3 is 1. The van der Waals surface area contributed by atoms with E-state index in [9.17, 15) is 4.79 Å². The number of benzene rings is 1. The molecule has 0 saturated heterocycles. The van der Waals surface area contributed by atoms with Crippen LogP contribution in [0.25, 0.3) is 11.1 Å². The van der Waals surface area contributed by atoms with Gasteiger partial charge in [0, 0.05) is 30.9 Å². The number of carbonyl (C=O) groups is 1. The van der Waals surface area contributed by atoms with Gasteiger partial charge in [0.1, 0.15) is 5.76 Å². The second-order valence-corrected chi connectivity index (χ2v) is 5.80. The molecular weight excluding hydrogens is 290 g/mol. The summed E-state index contributed by atoms with van der Waals surface area (Å²) < 4.78 is 7.02. The van der Waals surface area contributed by atoms with Gasteiger partial charge in [-0.25, -0.2) is 0 Å². The molecule has 5 heteroatoms. The Labute approximate surface area is 136 Å². The van der Waals surface area contributed by atoms with Crippen LogP contribution in [-0.2, 0) is 18.3 Å². The first-order valence-electron chi connectivity index (χ1n) is 7.70. The molecule has 1 aromatic carbocycles. The zero-order chi connectivity index (χ0) is 16.6. The number of carbonyl (C=O) groups excluding carboxylic acids is 1. The maximum Gasteiger partial charge on any atom is 0.255 e. The molecule has 0 N–H and O–H groups in total. The Balaban J connectivity index is 1.92. The molecule has 2 heterocycles. The van der Waals surface area contributed by atoms with Gasteiger partial charge in [0.15, 0.2) is 0 Å². The zero-order valence-electron chi connectivity index (χ0n) is 13.7. The standard InChI is InChI=1S/C18H21N3O2/c1-5-17(12(2)23-4)21-11-14-7-6-13(8-16(14)18(21)22)15-9-19-20(3)10-15/h6-10,17H,2,5,11H2,1,3-4H3. The third-order valence-electron chi connectivity index (χ3n) is 4.38. The van der Waals surface area contributed by atoms with Gasteiger partial charge in [-0.3, -0.25) is 9.48 Å². The minimum atomic E-state index is -0.0956. The smallest absolute Gasteiger partial charge is 0.255 e. The van der Waals surface area contributed by atoms with E-state index in [1.165, 1.54) is 0 Å². The predicted octanol–water partition coefficient (Wildman–Crippen LogP) is 2.98. The van der Waals surface area contributed by atoms with Crippen molar-refractivity contribution in [1.82, 2.24) is 14.7 Å². The fraction of sp³-hybridized carbons (Fsp3) is 0.333. The van der Waals surface area contributed by atoms with Crippen LogP contribution < -0.4 is 0 Å². The van der Waals surface area contributed by atoms with Gasteiger partial charge in [0.25, 0.3) is 5.91 Å². The summed E-state index contributed by atoms with van der Waals surface area (Å²) in [4.78, 5) is 14.7. The summed E-state index contributed by atoms with van der Waals surface area (Å²) in [6.07, 6.45) is 4.53. The van der Waals surface area contributed by atoms with Crippen LogP contribution in [0.3, 0.4) is 0 Å². The number of aromatic nitrogens is 2. The topological polar surface area (TPSA) is 47.4 Å². The summed E-state index contributed by atoms with van der Waals surface area (Å²) in [5, 5.41) is 4.19. The van der Waals surface area contributed by atoms with Crippen molar-refractivity contribution in [2.45, 2.75) is 25.9 Å². The molecule has 0 saturated carbocycles. The molecule has 120 valence electrons. The maximum atomic E-state index is 12.8. The Hall–Kier alpha value is -2.56. The first-order valence-corrected chi connectivity index (χ1v) is 7.70. The maximum absolute atomic E-state index is 12.8. The van der Waals surface area contributed by atoms with E-state index in [1.807, 2.05) is 43.3 Å².